The Morgan fingerprint density at radius 2 is 1.84 bits per heavy atom. The molecular weight excluding hydrogens is 309 g/mol. The van der Waals surface area contributed by atoms with E-state index in [9.17, 15) is 4.39 Å². The lowest BCUT2D eigenvalue weighted by Crippen LogP contribution is -2.12. The smallest absolute Gasteiger partial charge is 0.132 e. The van der Waals surface area contributed by atoms with Crippen LogP contribution in [0.4, 0.5) is 4.39 Å². The lowest BCUT2D eigenvalue weighted by Gasteiger charge is -2.28. The van der Waals surface area contributed by atoms with Crippen LogP contribution in [0.1, 0.15) is 75.8 Å². The van der Waals surface area contributed by atoms with Gasteiger partial charge in [0.25, 0.3) is 0 Å². The number of aromatic nitrogens is 1. The Bertz CT molecular complexity index is 669. The van der Waals surface area contributed by atoms with Crippen LogP contribution in [0.5, 0.6) is 0 Å². The second kappa shape index (κ2) is 8.60. The molecule has 0 bridgehead atoms. The number of halogens is 1. The highest BCUT2D eigenvalue weighted by Gasteiger charge is 2.22. The van der Waals surface area contributed by atoms with Crippen molar-refractivity contribution in [3.63, 3.8) is 0 Å². The van der Waals surface area contributed by atoms with E-state index in [2.05, 4.69) is 31.0 Å². The van der Waals surface area contributed by atoms with Crippen LogP contribution in [0.3, 0.4) is 0 Å². The van der Waals surface area contributed by atoms with Crippen LogP contribution in [0.2, 0.25) is 0 Å². The Kier molecular flexibility index (Phi) is 6.23. The number of benzene rings is 1. The van der Waals surface area contributed by atoms with Gasteiger partial charge in [-0.3, -0.25) is 4.98 Å². The molecule has 1 heterocycles. The Hall–Kier alpha value is -1.70. The van der Waals surface area contributed by atoms with Crippen LogP contribution < -0.4 is 0 Å². The number of aryl methyl sites for hydroxylation is 1. The zero-order valence-corrected chi connectivity index (χ0v) is 15.6. The third-order valence-electron chi connectivity index (χ3n) is 5.81. The molecule has 0 spiro atoms. The number of hydrogen-bond acceptors (Lipinski definition) is 1. The van der Waals surface area contributed by atoms with Crippen LogP contribution in [0.25, 0.3) is 11.3 Å². The maximum atomic E-state index is 14.7. The first-order valence-electron chi connectivity index (χ1n) is 9.96. The summed E-state index contributed by atoms with van der Waals surface area (Å²) in [5.74, 6) is 1.26. The topological polar surface area (TPSA) is 12.9 Å². The Labute approximate surface area is 151 Å². The zero-order valence-electron chi connectivity index (χ0n) is 15.6. The monoisotopic (exact) mass is 339 g/mol. The fraction of sp³-hybridized carbons (Fsp3) is 0.522. The Balaban J connectivity index is 1.71. The molecule has 2 aromatic rings. The van der Waals surface area contributed by atoms with Crippen molar-refractivity contribution in [3.8, 4) is 11.3 Å². The van der Waals surface area contributed by atoms with E-state index in [4.69, 9.17) is 0 Å². The van der Waals surface area contributed by atoms with E-state index in [1.54, 1.807) is 6.07 Å². The molecule has 1 aliphatic carbocycles. The number of unbranched alkanes of at least 4 members (excludes halogenated alkanes) is 1. The highest BCUT2D eigenvalue weighted by Crippen LogP contribution is 2.38. The molecule has 0 unspecified atom stereocenters. The van der Waals surface area contributed by atoms with Crippen LogP contribution in [0, 0.1) is 11.7 Å². The Morgan fingerprint density at radius 3 is 2.44 bits per heavy atom. The molecule has 1 nitrogen and oxygen atoms in total. The number of hydrogen-bond donors (Lipinski definition) is 0. The van der Waals surface area contributed by atoms with Crippen LogP contribution in [-0.2, 0) is 6.42 Å². The highest BCUT2D eigenvalue weighted by molar-refractivity contribution is 5.60. The van der Waals surface area contributed by atoms with Gasteiger partial charge in [-0.25, -0.2) is 4.39 Å². The molecule has 0 atom stereocenters. The minimum atomic E-state index is -0.135. The van der Waals surface area contributed by atoms with Crippen molar-refractivity contribution in [1.82, 2.24) is 4.98 Å². The van der Waals surface area contributed by atoms with E-state index in [-0.39, 0.29) is 5.82 Å². The summed E-state index contributed by atoms with van der Waals surface area (Å²) in [5.41, 5.74) is 3.75. The lowest BCUT2D eigenvalue weighted by molar-refractivity contribution is 0.318. The predicted molar refractivity (Wildman–Crippen MR) is 103 cm³/mol. The summed E-state index contributed by atoms with van der Waals surface area (Å²) in [5, 5.41) is 0. The molecule has 1 aliphatic rings. The highest BCUT2D eigenvalue weighted by atomic mass is 19.1. The number of pyridine rings is 1. The van der Waals surface area contributed by atoms with Gasteiger partial charge in [-0.05, 0) is 79.7 Å². The van der Waals surface area contributed by atoms with Gasteiger partial charge in [-0.1, -0.05) is 38.8 Å². The second-order valence-electron chi connectivity index (χ2n) is 7.52. The van der Waals surface area contributed by atoms with Crippen LogP contribution >= 0.6 is 0 Å². The summed E-state index contributed by atoms with van der Waals surface area (Å²) in [6.07, 6.45) is 11.5. The average Bonchev–Trinajstić information content (AvgIpc) is 2.67. The van der Waals surface area contributed by atoms with Gasteiger partial charge >= 0.3 is 0 Å². The zero-order chi connectivity index (χ0) is 17.6. The summed E-state index contributed by atoms with van der Waals surface area (Å²) >= 11 is 0. The van der Waals surface area contributed by atoms with Crippen molar-refractivity contribution in [3.05, 3.63) is 53.5 Å². The molecule has 0 radical (unpaired) electrons. The summed E-state index contributed by atoms with van der Waals surface area (Å²) in [6, 6.07) is 9.82. The summed E-state index contributed by atoms with van der Waals surface area (Å²) in [7, 11) is 0. The SMILES string of the molecule is CCCCc1ccc(-c2ccc(C3CCC(CC)CC3)cc2F)nc1. The fourth-order valence-corrected chi connectivity index (χ4v) is 4.01. The fourth-order valence-electron chi connectivity index (χ4n) is 4.01. The average molecular weight is 339 g/mol. The predicted octanol–water partition coefficient (Wildman–Crippen LogP) is 6.91. The third-order valence-corrected chi connectivity index (χ3v) is 5.81. The molecule has 25 heavy (non-hydrogen) atoms. The Morgan fingerprint density at radius 1 is 1.04 bits per heavy atom. The van der Waals surface area contributed by atoms with Gasteiger partial charge in [-0.2, -0.15) is 0 Å². The van der Waals surface area contributed by atoms with Gasteiger partial charge in [0.1, 0.15) is 5.82 Å². The van der Waals surface area contributed by atoms with E-state index in [0.29, 0.717) is 11.5 Å². The molecule has 0 amide bonds. The molecular formula is C23H30FN. The molecule has 1 fully saturated rings. The molecule has 3 rings (SSSR count). The third kappa shape index (κ3) is 4.48. The van der Waals surface area contributed by atoms with E-state index >= 15 is 0 Å². The van der Waals surface area contributed by atoms with Gasteiger partial charge < -0.3 is 0 Å². The molecule has 1 saturated carbocycles. The number of rotatable bonds is 6. The van der Waals surface area contributed by atoms with Gasteiger partial charge in [0.05, 0.1) is 5.69 Å². The van der Waals surface area contributed by atoms with Crippen molar-refractivity contribution in [1.29, 1.82) is 0 Å². The van der Waals surface area contributed by atoms with Crippen molar-refractivity contribution in [2.24, 2.45) is 5.92 Å². The summed E-state index contributed by atoms with van der Waals surface area (Å²) < 4.78 is 14.7. The summed E-state index contributed by atoms with van der Waals surface area (Å²) in [4.78, 5) is 4.49. The molecule has 0 aliphatic heterocycles. The van der Waals surface area contributed by atoms with Gasteiger partial charge in [0.2, 0.25) is 0 Å². The van der Waals surface area contributed by atoms with Gasteiger partial charge in [0, 0.05) is 11.8 Å². The maximum absolute atomic E-state index is 14.7. The van der Waals surface area contributed by atoms with Crippen molar-refractivity contribution in [2.45, 2.75) is 71.1 Å². The minimum Gasteiger partial charge on any atom is -0.256 e. The van der Waals surface area contributed by atoms with Crippen LogP contribution in [0.15, 0.2) is 36.5 Å². The molecule has 2 heteroatoms. The van der Waals surface area contributed by atoms with Gasteiger partial charge in [-0.15, -0.1) is 0 Å². The molecule has 1 aromatic heterocycles. The number of nitrogens with zero attached hydrogens (tertiary/aromatic N) is 1. The van der Waals surface area contributed by atoms with E-state index < -0.39 is 0 Å². The van der Waals surface area contributed by atoms with E-state index in [1.165, 1.54) is 50.5 Å². The lowest BCUT2D eigenvalue weighted by atomic mass is 9.77. The molecule has 1 aromatic carbocycles. The van der Waals surface area contributed by atoms with Crippen molar-refractivity contribution >= 4 is 0 Å². The largest absolute Gasteiger partial charge is 0.256 e. The standard InChI is InChI=1S/C23H30FN/c1-3-5-6-18-9-14-23(25-16-18)21-13-12-20(15-22(21)24)19-10-7-17(4-2)8-11-19/h9,12-17,19H,3-8,10-11H2,1-2H3. The summed E-state index contributed by atoms with van der Waals surface area (Å²) in [6.45, 7) is 4.47. The van der Waals surface area contributed by atoms with Gasteiger partial charge in [0.15, 0.2) is 0 Å². The molecule has 134 valence electrons. The molecule has 0 N–H and O–H groups in total. The first-order chi connectivity index (χ1) is 12.2. The molecule has 0 saturated heterocycles. The maximum Gasteiger partial charge on any atom is 0.132 e. The normalized spacial score (nSPS) is 20.6. The van der Waals surface area contributed by atoms with Crippen molar-refractivity contribution < 1.29 is 4.39 Å². The van der Waals surface area contributed by atoms with Crippen LogP contribution in [-0.4, -0.2) is 4.98 Å². The first-order valence-corrected chi connectivity index (χ1v) is 9.96. The second-order valence-corrected chi connectivity index (χ2v) is 7.52. The van der Waals surface area contributed by atoms with E-state index in [1.807, 2.05) is 18.3 Å². The van der Waals surface area contributed by atoms with E-state index in [0.717, 1.165) is 23.6 Å². The first kappa shape index (κ1) is 18.1. The quantitative estimate of drug-likeness (QED) is 0.557. The van der Waals surface area contributed by atoms with Crippen molar-refractivity contribution in [2.75, 3.05) is 0 Å². The minimum absolute atomic E-state index is 0.135.